The Kier molecular flexibility index (Phi) is 8.44. The number of hydrogen-bond acceptors (Lipinski definition) is 3. The lowest BCUT2D eigenvalue weighted by Crippen LogP contribution is -2.59. The molecule has 1 aliphatic rings. The standard InChI is InChI=1S/C29H34N2O2P.ClH/c1-28(2)20-23(21-29(3,4)31(28)33)30-27(32)22-34(24-14-8-5-9-15-24,25-16-10-6-11-17-25)26-18-12-7-13-19-26;/h5-19,23H,20-22H2,1-4H3;1H. The minimum atomic E-state index is -2.27. The summed E-state index contributed by atoms with van der Waals surface area (Å²) in [6.07, 6.45) is 1.50. The van der Waals surface area contributed by atoms with Crippen LogP contribution in [0.4, 0.5) is 0 Å². The van der Waals surface area contributed by atoms with Gasteiger partial charge in [0.25, 0.3) is 0 Å². The van der Waals surface area contributed by atoms with Crippen molar-refractivity contribution in [2.45, 2.75) is 57.7 Å². The molecular formula is C29H35ClN2O2P. The average Bonchev–Trinajstić information content (AvgIpc) is 2.82. The molecule has 0 spiro atoms. The second kappa shape index (κ2) is 10.8. The first-order valence-electron chi connectivity index (χ1n) is 11.9. The molecule has 1 radical (unpaired) electrons. The lowest BCUT2D eigenvalue weighted by molar-refractivity contribution is -0.289. The minimum Gasteiger partial charge on any atom is -0.859 e. The predicted octanol–water partition coefficient (Wildman–Crippen LogP) is 4.53. The molecule has 0 aromatic heterocycles. The van der Waals surface area contributed by atoms with Crippen molar-refractivity contribution >= 4 is 41.5 Å². The summed E-state index contributed by atoms with van der Waals surface area (Å²) in [6.45, 7) is 7.79. The van der Waals surface area contributed by atoms with Gasteiger partial charge in [-0.05, 0) is 82.8 Å². The van der Waals surface area contributed by atoms with Crippen molar-refractivity contribution in [1.82, 2.24) is 5.06 Å². The zero-order chi connectivity index (χ0) is 24.4. The van der Waals surface area contributed by atoms with Crippen molar-refractivity contribution in [3.05, 3.63) is 91.0 Å². The highest BCUT2D eigenvalue weighted by molar-refractivity contribution is 7.96. The third kappa shape index (κ3) is 5.62. The normalized spacial score (nSPS) is 18.6. The van der Waals surface area contributed by atoms with Gasteiger partial charge in [0, 0.05) is 11.1 Å². The van der Waals surface area contributed by atoms with Crippen LogP contribution in [-0.4, -0.2) is 34.2 Å². The van der Waals surface area contributed by atoms with Gasteiger partial charge in [0.1, 0.15) is 29.3 Å². The Morgan fingerprint density at radius 1 is 0.800 bits per heavy atom. The first kappa shape index (κ1) is 27.4. The van der Waals surface area contributed by atoms with Crippen LogP contribution in [0, 0.1) is 0 Å². The summed E-state index contributed by atoms with van der Waals surface area (Å²) in [7, 11) is -2.27. The molecule has 0 atom stereocenters. The number of hydrogen-bond donors (Lipinski definition) is 0. The Morgan fingerprint density at radius 2 is 1.14 bits per heavy atom. The van der Waals surface area contributed by atoms with Crippen molar-refractivity contribution < 1.29 is 10.3 Å². The summed E-state index contributed by atoms with van der Waals surface area (Å²) in [5, 5.41) is 31.2. The SMILES string of the molecule is CC1(C)CC(N=C([O-])C[P+](c2ccccc2)(c2ccccc2)c2ccccc2)CC(C)(C)N1[O].Cl. The summed E-state index contributed by atoms with van der Waals surface area (Å²) in [4.78, 5) is 4.75. The van der Waals surface area contributed by atoms with Gasteiger partial charge in [-0.15, -0.1) is 22.7 Å². The van der Waals surface area contributed by atoms with Gasteiger partial charge < -0.3 is 5.11 Å². The highest BCUT2D eigenvalue weighted by atomic mass is 35.5. The van der Waals surface area contributed by atoms with Crippen molar-refractivity contribution in [2.75, 3.05) is 6.16 Å². The summed E-state index contributed by atoms with van der Waals surface area (Å²) in [6, 6.07) is 31.0. The topological polar surface area (TPSA) is 58.6 Å². The van der Waals surface area contributed by atoms with Crippen molar-refractivity contribution in [3.63, 3.8) is 0 Å². The Morgan fingerprint density at radius 3 is 1.49 bits per heavy atom. The molecular weight excluding hydrogens is 475 g/mol. The third-order valence-electron chi connectivity index (χ3n) is 6.86. The van der Waals surface area contributed by atoms with E-state index in [1.54, 1.807) is 0 Å². The molecule has 1 fully saturated rings. The summed E-state index contributed by atoms with van der Waals surface area (Å²) in [5.41, 5.74) is -1.11. The number of hydroxylamine groups is 2. The van der Waals surface area contributed by atoms with E-state index in [4.69, 9.17) is 4.99 Å². The van der Waals surface area contributed by atoms with Crippen LogP contribution in [0.1, 0.15) is 40.5 Å². The highest BCUT2D eigenvalue weighted by Crippen LogP contribution is 2.55. The molecule has 0 N–H and O–H groups in total. The van der Waals surface area contributed by atoms with Gasteiger partial charge in [0.15, 0.2) is 0 Å². The molecule has 3 aromatic carbocycles. The minimum absolute atomic E-state index is 0. The quantitative estimate of drug-likeness (QED) is 0.278. The van der Waals surface area contributed by atoms with E-state index < -0.39 is 18.3 Å². The Balaban J connectivity index is 0.00000342. The molecule has 0 unspecified atom stereocenters. The van der Waals surface area contributed by atoms with Gasteiger partial charge in [0.2, 0.25) is 0 Å². The highest BCUT2D eigenvalue weighted by Gasteiger charge is 2.47. The molecule has 0 bridgehead atoms. The molecule has 185 valence electrons. The second-order valence-corrected chi connectivity index (χ2v) is 14.0. The maximum atomic E-state index is 13.7. The number of aliphatic imine (C=N–C) groups is 1. The maximum absolute atomic E-state index is 13.7. The first-order chi connectivity index (χ1) is 16.1. The molecule has 3 aromatic rings. The fourth-order valence-electron chi connectivity index (χ4n) is 5.52. The van der Waals surface area contributed by atoms with Crippen LogP contribution in [0.25, 0.3) is 0 Å². The van der Waals surface area contributed by atoms with E-state index in [2.05, 4.69) is 36.4 Å². The van der Waals surface area contributed by atoms with Gasteiger partial charge in [0.05, 0.1) is 6.04 Å². The molecule has 1 heterocycles. The fourth-order valence-corrected chi connectivity index (χ4v) is 9.49. The maximum Gasteiger partial charge on any atom is 0.116 e. The van der Waals surface area contributed by atoms with E-state index in [9.17, 15) is 10.3 Å². The smallest absolute Gasteiger partial charge is 0.116 e. The molecule has 0 aliphatic carbocycles. The van der Waals surface area contributed by atoms with Crippen LogP contribution >= 0.6 is 19.7 Å². The summed E-state index contributed by atoms with van der Waals surface area (Å²) in [5.74, 6) is -0.0826. The first-order valence-corrected chi connectivity index (χ1v) is 13.9. The van der Waals surface area contributed by atoms with Crippen molar-refractivity contribution in [3.8, 4) is 0 Å². The van der Waals surface area contributed by atoms with E-state index in [0.717, 1.165) is 0 Å². The Bertz CT molecular complexity index is 1010. The molecule has 4 rings (SSSR count). The number of rotatable bonds is 6. The molecule has 1 saturated heterocycles. The van der Waals surface area contributed by atoms with Crippen LogP contribution < -0.4 is 21.0 Å². The van der Waals surface area contributed by atoms with Crippen molar-refractivity contribution in [2.24, 2.45) is 4.99 Å². The molecule has 4 nitrogen and oxygen atoms in total. The van der Waals surface area contributed by atoms with Crippen molar-refractivity contribution in [1.29, 1.82) is 0 Å². The van der Waals surface area contributed by atoms with Gasteiger partial charge in [-0.2, -0.15) is 0 Å². The zero-order valence-corrected chi connectivity index (χ0v) is 22.6. The Hall–Kier alpha value is -2.23. The van der Waals surface area contributed by atoms with E-state index in [0.29, 0.717) is 19.0 Å². The number of nitrogens with zero attached hydrogens (tertiary/aromatic N) is 2. The average molecular weight is 510 g/mol. The monoisotopic (exact) mass is 509 g/mol. The molecule has 0 saturated carbocycles. The largest absolute Gasteiger partial charge is 0.859 e. The van der Waals surface area contributed by atoms with Gasteiger partial charge in [-0.3, -0.25) is 4.99 Å². The van der Waals surface area contributed by atoms with Crippen LogP contribution in [0.2, 0.25) is 0 Å². The van der Waals surface area contributed by atoms with Crippen LogP contribution in [0.5, 0.6) is 0 Å². The lowest BCUT2D eigenvalue weighted by atomic mass is 9.79. The van der Waals surface area contributed by atoms with E-state index in [1.165, 1.54) is 21.0 Å². The lowest BCUT2D eigenvalue weighted by Gasteiger charge is -2.49. The van der Waals surface area contributed by atoms with Gasteiger partial charge in [-0.1, -0.05) is 54.6 Å². The van der Waals surface area contributed by atoms with E-state index >= 15 is 0 Å². The summed E-state index contributed by atoms with van der Waals surface area (Å²) >= 11 is 0. The molecule has 35 heavy (non-hydrogen) atoms. The second-order valence-electron chi connectivity index (χ2n) is 10.5. The van der Waals surface area contributed by atoms with Gasteiger partial charge >= 0.3 is 0 Å². The van der Waals surface area contributed by atoms with E-state index in [1.807, 2.05) is 82.3 Å². The number of benzene rings is 3. The van der Waals surface area contributed by atoms with Gasteiger partial charge in [-0.25, -0.2) is 0 Å². The summed E-state index contributed by atoms with van der Waals surface area (Å²) < 4.78 is 0. The molecule has 0 amide bonds. The Labute approximate surface area is 216 Å². The molecule has 6 heteroatoms. The number of piperidine rings is 1. The number of halogens is 1. The van der Waals surface area contributed by atoms with E-state index in [-0.39, 0.29) is 24.3 Å². The van der Waals surface area contributed by atoms with Crippen LogP contribution in [0.15, 0.2) is 96.0 Å². The predicted molar refractivity (Wildman–Crippen MR) is 148 cm³/mol. The zero-order valence-electron chi connectivity index (χ0n) is 20.9. The van der Waals surface area contributed by atoms with Crippen LogP contribution in [0.3, 0.4) is 0 Å². The van der Waals surface area contributed by atoms with Crippen LogP contribution in [-0.2, 0) is 5.21 Å². The third-order valence-corrected chi connectivity index (χ3v) is 11.1. The molecule has 1 aliphatic heterocycles. The fraction of sp³-hybridized carbons (Fsp3) is 0.345.